The molecule has 1 aromatic carbocycles. The molecule has 0 radical (unpaired) electrons. The predicted octanol–water partition coefficient (Wildman–Crippen LogP) is 1.40. The quantitative estimate of drug-likeness (QED) is 0.641. The summed E-state index contributed by atoms with van der Waals surface area (Å²) in [6, 6.07) is 8.00. The van der Waals surface area contributed by atoms with Crippen molar-refractivity contribution in [1.29, 1.82) is 0 Å². The zero-order valence-electron chi connectivity index (χ0n) is 21.3. The zero-order valence-corrected chi connectivity index (χ0v) is 21.3. The van der Waals surface area contributed by atoms with Gasteiger partial charge < -0.3 is 24.5 Å². The molecule has 1 aromatic rings. The lowest BCUT2D eigenvalue weighted by molar-refractivity contribution is -0.153. The van der Waals surface area contributed by atoms with Crippen LogP contribution in [0.2, 0.25) is 0 Å². The van der Waals surface area contributed by atoms with Crippen molar-refractivity contribution in [1.82, 2.24) is 14.7 Å². The minimum absolute atomic E-state index is 0.165. The number of hydrogen-bond acceptors (Lipinski definition) is 5. The number of amides is 3. The average molecular weight is 494 g/mol. The molecule has 0 aromatic heterocycles. The van der Waals surface area contributed by atoms with Crippen molar-refractivity contribution >= 4 is 17.7 Å². The summed E-state index contributed by atoms with van der Waals surface area (Å²) >= 11 is 0. The maximum atomic E-state index is 14.3. The van der Waals surface area contributed by atoms with Gasteiger partial charge in [-0.3, -0.25) is 14.4 Å². The van der Waals surface area contributed by atoms with E-state index in [-0.39, 0.29) is 24.3 Å². The largest absolute Gasteiger partial charge is 0.394 e. The van der Waals surface area contributed by atoms with Gasteiger partial charge in [0.1, 0.15) is 11.6 Å². The Morgan fingerprint density at radius 3 is 2.44 bits per heavy atom. The van der Waals surface area contributed by atoms with Crippen LogP contribution in [0.25, 0.3) is 0 Å². The first-order valence-electron chi connectivity index (χ1n) is 12.7. The molecule has 6 atom stereocenters. The van der Waals surface area contributed by atoms with Crippen molar-refractivity contribution in [3.8, 4) is 0 Å². The van der Waals surface area contributed by atoms with Gasteiger partial charge in [0, 0.05) is 25.7 Å². The highest BCUT2D eigenvalue weighted by Crippen LogP contribution is 2.54. The van der Waals surface area contributed by atoms with E-state index in [9.17, 15) is 19.5 Å². The maximum Gasteiger partial charge on any atom is 0.249 e. The summed E-state index contributed by atoms with van der Waals surface area (Å²) in [6.07, 6.45) is 7.26. The van der Waals surface area contributed by atoms with Gasteiger partial charge in [-0.1, -0.05) is 54.6 Å². The number of carbonyl (C=O) groups is 3. The maximum absolute atomic E-state index is 14.3. The fourth-order valence-electron chi connectivity index (χ4n) is 6.34. The SMILES string of the molecule is CN1CC=C[C@@H]2O[C@]34C=CCN(C(C)(C)C)C(=O)C3N([C@@H](CO)Cc3ccccc3)C(=O)[C@@H]4[C@@H]2C1=O. The Morgan fingerprint density at radius 1 is 1.06 bits per heavy atom. The summed E-state index contributed by atoms with van der Waals surface area (Å²) in [4.78, 5) is 47.0. The van der Waals surface area contributed by atoms with Gasteiger partial charge in [-0.05, 0) is 32.8 Å². The molecular weight excluding hydrogens is 458 g/mol. The van der Waals surface area contributed by atoms with Crippen molar-refractivity contribution in [2.75, 3.05) is 26.7 Å². The van der Waals surface area contributed by atoms with Crippen LogP contribution in [-0.4, -0.2) is 93.6 Å². The molecule has 1 N–H and O–H groups in total. The lowest BCUT2D eigenvalue weighted by Crippen LogP contribution is -2.61. The van der Waals surface area contributed by atoms with E-state index in [2.05, 4.69) is 0 Å². The molecule has 2 fully saturated rings. The van der Waals surface area contributed by atoms with Crippen LogP contribution in [0.4, 0.5) is 0 Å². The second-order valence-corrected chi connectivity index (χ2v) is 11.3. The molecule has 1 spiro atoms. The smallest absolute Gasteiger partial charge is 0.249 e. The number of rotatable bonds is 4. The standard InChI is InChI=1S/C28H35N3O5/c1-27(2,3)30-15-9-13-28-22(21-20(36-28)12-8-14-29(4)24(21)33)25(34)31(23(28)26(30)35)19(17-32)16-18-10-6-5-7-11-18/h5-13,19-23,32H,14-17H2,1-4H3/t19-,20+,21-,22+,23?,28+/m1/s1. The Kier molecular flexibility index (Phi) is 6.08. The van der Waals surface area contributed by atoms with Crippen molar-refractivity contribution in [3.63, 3.8) is 0 Å². The van der Waals surface area contributed by atoms with E-state index in [1.807, 2.05) is 75.4 Å². The number of fused-ring (bicyclic) bond motifs is 2. The van der Waals surface area contributed by atoms with Gasteiger partial charge in [0.15, 0.2) is 0 Å². The Morgan fingerprint density at radius 2 is 1.78 bits per heavy atom. The van der Waals surface area contributed by atoms with E-state index < -0.39 is 41.2 Å². The first kappa shape index (κ1) is 24.7. The Balaban J connectivity index is 1.64. The highest BCUT2D eigenvalue weighted by Gasteiger charge is 2.72. The number of hydrogen-bond donors (Lipinski definition) is 1. The number of aliphatic hydroxyl groups is 1. The number of aliphatic hydroxyl groups excluding tert-OH is 1. The molecule has 0 bridgehead atoms. The molecule has 2 saturated heterocycles. The zero-order chi connectivity index (χ0) is 25.8. The Labute approximate surface area is 212 Å². The van der Waals surface area contributed by atoms with Crippen LogP contribution in [-0.2, 0) is 25.5 Å². The number of benzene rings is 1. The summed E-state index contributed by atoms with van der Waals surface area (Å²) in [5.41, 5.74) is -0.829. The van der Waals surface area contributed by atoms with Gasteiger partial charge in [0.2, 0.25) is 17.7 Å². The van der Waals surface area contributed by atoms with E-state index >= 15 is 0 Å². The van der Waals surface area contributed by atoms with Crippen molar-refractivity contribution in [2.24, 2.45) is 11.8 Å². The number of ether oxygens (including phenoxy) is 1. The number of likely N-dealkylation sites (tertiary alicyclic amines) is 1. The second-order valence-electron chi connectivity index (χ2n) is 11.3. The van der Waals surface area contributed by atoms with E-state index in [0.29, 0.717) is 19.5 Å². The fourth-order valence-corrected chi connectivity index (χ4v) is 6.34. The van der Waals surface area contributed by atoms with E-state index in [1.165, 1.54) is 4.90 Å². The van der Waals surface area contributed by atoms with Crippen LogP contribution < -0.4 is 0 Å². The molecule has 192 valence electrons. The first-order valence-corrected chi connectivity index (χ1v) is 12.7. The Hall–Kier alpha value is -2.97. The number of nitrogens with zero attached hydrogens (tertiary/aromatic N) is 3. The normalized spacial score (nSPS) is 32.8. The van der Waals surface area contributed by atoms with Crippen molar-refractivity contribution < 1.29 is 24.2 Å². The van der Waals surface area contributed by atoms with Gasteiger partial charge >= 0.3 is 0 Å². The van der Waals surface area contributed by atoms with Gasteiger partial charge in [0.25, 0.3) is 0 Å². The average Bonchev–Trinajstić information content (AvgIpc) is 3.16. The lowest BCUT2D eigenvalue weighted by Gasteiger charge is -2.42. The lowest BCUT2D eigenvalue weighted by atomic mass is 9.77. The minimum Gasteiger partial charge on any atom is -0.394 e. The van der Waals surface area contributed by atoms with Crippen LogP contribution in [0.1, 0.15) is 26.3 Å². The molecule has 0 aliphatic carbocycles. The highest BCUT2D eigenvalue weighted by molar-refractivity contribution is 6.00. The molecule has 8 nitrogen and oxygen atoms in total. The van der Waals surface area contributed by atoms with Crippen LogP contribution in [0.3, 0.4) is 0 Å². The Bertz CT molecular complexity index is 1110. The summed E-state index contributed by atoms with van der Waals surface area (Å²) in [7, 11) is 1.72. The van der Waals surface area contributed by atoms with Gasteiger partial charge in [-0.25, -0.2) is 0 Å². The van der Waals surface area contributed by atoms with Crippen LogP contribution in [0.15, 0.2) is 54.6 Å². The van der Waals surface area contributed by atoms with Crippen LogP contribution in [0, 0.1) is 11.8 Å². The second kappa shape index (κ2) is 8.85. The summed E-state index contributed by atoms with van der Waals surface area (Å²) in [5, 5.41) is 10.5. The molecular formula is C28H35N3O5. The van der Waals surface area contributed by atoms with E-state index in [1.54, 1.807) is 16.8 Å². The number of likely N-dealkylation sites (N-methyl/N-ethyl adjacent to an activating group) is 1. The third-order valence-electron chi connectivity index (χ3n) is 8.03. The van der Waals surface area contributed by atoms with Gasteiger partial charge in [-0.2, -0.15) is 0 Å². The van der Waals surface area contributed by atoms with Gasteiger partial charge in [-0.15, -0.1) is 0 Å². The third-order valence-corrected chi connectivity index (χ3v) is 8.03. The molecule has 4 heterocycles. The summed E-state index contributed by atoms with van der Waals surface area (Å²) < 4.78 is 6.62. The fraction of sp³-hybridized carbons (Fsp3) is 0.536. The summed E-state index contributed by atoms with van der Waals surface area (Å²) in [6.45, 7) is 6.39. The molecule has 8 heteroatoms. The third kappa shape index (κ3) is 3.69. The van der Waals surface area contributed by atoms with E-state index in [4.69, 9.17) is 4.74 Å². The van der Waals surface area contributed by atoms with Gasteiger partial charge in [0.05, 0.1) is 30.6 Å². The van der Waals surface area contributed by atoms with Crippen molar-refractivity contribution in [2.45, 2.75) is 56.5 Å². The molecule has 5 rings (SSSR count). The molecule has 1 unspecified atom stereocenters. The molecule has 4 aliphatic rings. The van der Waals surface area contributed by atoms with Crippen LogP contribution in [0.5, 0.6) is 0 Å². The monoisotopic (exact) mass is 493 g/mol. The molecule has 3 amide bonds. The molecule has 4 aliphatic heterocycles. The highest BCUT2D eigenvalue weighted by atomic mass is 16.5. The topological polar surface area (TPSA) is 90.4 Å². The minimum atomic E-state index is -1.29. The van der Waals surface area contributed by atoms with Crippen molar-refractivity contribution in [3.05, 3.63) is 60.2 Å². The molecule has 36 heavy (non-hydrogen) atoms. The predicted molar refractivity (Wildman–Crippen MR) is 134 cm³/mol. The van der Waals surface area contributed by atoms with E-state index in [0.717, 1.165) is 5.56 Å². The first-order chi connectivity index (χ1) is 17.1. The molecule has 0 saturated carbocycles. The van der Waals surface area contributed by atoms with Crippen LogP contribution >= 0.6 is 0 Å². The number of carbonyl (C=O) groups excluding carboxylic acids is 3. The summed E-state index contributed by atoms with van der Waals surface area (Å²) in [5.74, 6) is -2.29.